The minimum Gasteiger partial charge on any atom is -0.480 e. The van der Waals surface area contributed by atoms with Crippen molar-refractivity contribution in [1.29, 1.82) is 0 Å². The number of aliphatic carboxylic acids is 1. The molecule has 0 saturated carbocycles. The van der Waals surface area contributed by atoms with Crippen LogP contribution in [0.4, 0.5) is 0 Å². The molecule has 2 atom stereocenters. The molecule has 0 bridgehead atoms. The van der Waals surface area contributed by atoms with Crippen molar-refractivity contribution in [3.05, 3.63) is 63.1 Å². The highest BCUT2D eigenvalue weighted by Gasteiger charge is 2.41. The van der Waals surface area contributed by atoms with Crippen LogP contribution >= 0.6 is 30.8 Å². The Morgan fingerprint density at radius 1 is 1.18 bits per heavy atom. The Balaban J connectivity index is 2.11. The molecule has 13 heteroatoms. The lowest BCUT2D eigenvalue weighted by Gasteiger charge is -2.34. The first kappa shape index (κ1) is 31.0. The van der Waals surface area contributed by atoms with Crippen LogP contribution in [0.15, 0.2) is 41.3 Å². The summed E-state index contributed by atoms with van der Waals surface area (Å²) in [6, 6.07) is 8.38. The number of benzene rings is 2. The van der Waals surface area contributed by atoms with Crippen molar-refractivity contribution in [1.82, 2.24) is 9.21 Å². The summed E-state index contributed by atoms with van der Waals surface area (Å²) in [7, 11) is -6.45. The van der Waals surface area contributed by atoms with E-state index < -0.39 is 35.9 Å². The smallest absolute Gasteiger partial charge is 0.345 e. The van der Waals surface area contributed by atoms with E-state index in [0.717, 1.165) is 15.4 Å². The summed E-state index contributed by atoms with van der Waals surface area (Å²) in [5.74, 6) is -1.60. The molecule has 1 N–H and O–H groups in total. The van der Waals surface area contributed by atoms with Crippen LogP contribution in [0.1, 0.15) is 49.8 Å². The zero-order chi connectivity index (χ0) is 28.3. The molecule has 9 nitrogen and oxygen atoms in total. The lowest BCUT2D eigenvalue weighted by molar-refractivity contribution is -0.141. The molecule has 0 aromatic heterocycles. The van der Waals surface area contributed by atoms with Gasteiger partial charge in [0.15, 0.2) is 0 Å². The quantitative estimate of drug-likeness (QED) is 0.308. The number of carboxylic acids is 1. The zero-order valence-corrected chi connectivity index (χ0v) is 25.0. The SMILES string of the molecule is CCOP(=O)(CN(C(CC)C(=O)O)S(=O)(=O)c1cccc(C2CN(C)Cc3c(Cl)cc(Cl)cc32)c1)OCC. The topological polar surface area (TPSA) is 113 Å². The second-order valence-corrected chi connectivity index (χ2v) is 13.8. The van der Waals surface area contributed by atoms with Crippen molar-refractivity contribution >= 4 is 46.8 Å². The molecule has 0 spiro atoms. The fourth-order valence-electron chi connectivity index (χ4n) is 4.68. The van der Waals surface area contributed by atoms with Gasteiger partial charge in [-0.2, -0.15) is 4.31 Å². The second kappa shape index (κ2) is 12.8. The summed E-state index contributed by atoms with van der Waals surface area (Å²) in [5.41, 5.74) is 2.51. The van der Waals surface area contributed by atoms with Crippen LogP contribution in [0.25, 0.3) is 0 Å². The minimum absolute atomic E-state index is 0.00421. The van der Waals surface area contributed by atoms with Gasteiger partial charge in [0.05, 0.1) is 18.1 Å². The average molecular weight is 607 g/mol. The average Bonchev–Trinajstić information content (AvgIpc) is 2.84. The van der Waals surface area contributed by atoms with Crippen molar-refractivity contribution in [2.24, 2.45) is 0 Å². The van der Waals surface area contributed by atoms with Crippen molar-refractivity contribution in [3.8, 4) is 0 Å². The Morgan fingerprint density at radius 2 is 1.84 bits per heavy atom. The molecule has 0 saturated heterocycles. The highest BCUT2D eigenvalue weighted by molar-refractivity contribution is 7.89. The van der Waals surface area contributed by atoms with E-state index in [1.54, 1.807) is 32.9 Å². The van der Waals surface area contributed by atoms with Gasteiger partial charge in [-0.3, -0.25) is 9.36 Å². The monoisotopic (exact) mass is 606 g/mol. The Hall–Kier alpha value is -1.49. The maximum atomic E-state index is 14.0. The number of hydrogen-bond acceptors (Lipinski definition) is 7. The number of fused-ring (bicyclic) bond motifs is 1. The van der Waals surface area contributed by atoms with Gasteiger partial charge in [-0.05, 0) is 68.3 Å². The first-order chi connectivity index (χ1) is 17.9. The Morgan fingerprint density at radius 3 is 2.42 bits per heavy atom. The van der Waals surface area contributed by atoms with Gasteiger partial charge in [0.25, 0.3) is 0 Å². The van der Waals surface area contributed by atoms with Gasteiger partial charge in [0, 0.05) is 29.1 Å². The van der Waals surface area contributed by atoms with Crippen LogP contribution in [0, 0.1) is 0 Å². The molecular weight excluding hydrogens is 574 g/mol. The van der Waals surface area contributed by atoms with Crippen molar-refractivity contribution in [3.63, 3.8) is 0 Å². The summed E-state index contributed by atoms with van der Waals surface area (Å²) in [6.07, 6.45) is -0.781. The van der Waals surface area contributed by atoms with Crippen LogP contribution in [0.3, 0.4) is 0 Å². The zero-order valence-electron chi connectivity index (χ0n) is 21.8. The standard InChI is InChI=1S/C25H33Cl2N2O7PS/c1-5-24(25(30)31)29(16-37(32,35-6-2)36-7-3)38(33,34)19-10-8-9-17(11-19)21-14-28(4)15-22-20(21)12-18(26)13-23(22)27/h8-13,21,24H,5-7,14-16H2,1-4H3,(H,30,31). The van der Waals surface area contributed by atoms with E-state index in [2.05, 4.69) is 4.90 Å². The van der Waals surface area contributed by atoms with Gasteiger partial charge in [0.2, 0.25) is 10.0 Å². The van der Waals surface area contributed by atoms with Crippen LogP contribution in [0.2, 0.25) is 10.0 Å². The Kier molecular flexibility index (Phi) is 10.4. The molecule has 1 aliphatic rings. The maximum absolute atomic E-state index is 14.0. The van der Waals surface area contributed by atoms with Crippen molar-refractivity contribution < 1.29 is 31.9 Å². The van der Waals surface area contributed by atoms with E-state index in [1.807, 2.05) is 19.2 Å². The molecule has 3 rings (SSSR count). The first-order valence-corrected chi connectivity index (χ1v) is 16.2. The van der Waals surface area contributed by atoms with Gasteiger partial charge >= 0.3 is 13.6 Å². The lowest BCUT2D eigenvalue weighted by atomic mass is 9.85. The third kappa shape index (κ3) is 6.80. The van der Waals surface area contributed by atoms with E-state index in [0.29, 0.717) is 28.7 Å². The number of hydrogen-bond donors (Lipinski definition) is 1. The minimum atomic E-state index is -4.44. The fraction of sp³-hybridized carbons (Fsp3) is 0.480. The van der Waals surface area contributed by atoms with Crippen LogP contribution in [-0.4, -0.2) is 67.8 Å². The number of likely N-dealkylation sites (N-methyl/N-ethyl adjacent to an activating group) is 1. The summed E-state index contributed by atoms with van der Waals surface area (Å²) in [6.45, 7) is 5.96. The summed E-state index contributed by atoms with van der Waals surface area (Å²) in [4.78, 5) is 14.0. The maximum Gasteiger partial charge on any atom is 0.345 e. The number of carbonyl (C=O) groups is 1. The molecule has 1 heterocycles. The van der Waals surface area contributed by atoms with Crippen LogP contribution in [-0.2, 0) is 35.0 Å². The molecule has 0 aliphatic carbocycles. The van der Waals surface area contributed by atoms with Gasteiger partial charge in [-0.1, -0.05) is 42.3 Å². The molecule has 2 aromatic rings. The molecule has 0 radical (unpaired) electrons. The normalized spacial score (nSPS) is 17.4. The number of rotatable bonds is 12. The lowest BCUT2D eigenvalue weighted by Crippen LogP contribution is -2.45. The summed E-state index contributed by atoms with van der Waals surface area (Å²) < 4.78 is 52.6. The Bertz CT molecular complexity index is 1310. The molecule has 2 unspecified atom stereocenters. The van der Waals surface area contributed by atoms with Crippen molar-refractivity contribution in [2.45, 2.75) is 50.6 Å². The van der Waals surface area contributed by atoms with E-state index in [9.17, 15) is 22.9 Å². The molecule has 38 heavy (non-hydrogen) atoms. The molecule has 210 valence electrons. The number of sulfonamides is 1. The van der Waals surface area contributed by atoms with Crippen LogP contribution < -0.4 is 0 Å². The predicted molar refractivity (Wildman–Crippen MR) is 148 cm³/mol. The molecule has 2 aromatic carbocycles. The highest BCUT2D eigenvalue weighted by atomic mass is 35.5. The van der Waals surface area contributed by atoms with E-state index in [4.69, 9.17) is 32.2 Å². The highest BCUT2D eigenvalue weighted by Crippen LogP contribution is 2.50. The number of halogens is 2. The van der Waals surface area contributed by atoms with Crippen LogP contribution in [0.5, 0.6) is 0 Å². The van der Waals surface area contributed by atoms with E-state index >= 15 is 0 Å². The summed E-state index contributed by atoms with van der Waals surface area (Å²) >= 11 is 12.8. The molecule has 1 aliphatic heterocycles. The Labute approximate surface area is 234 Å². The van der Waals surface area contributed by atoms with E-state index in [1.165, 1.54) is 12.1 Å². The first-order valence-electron chi connectivity index (χ1n) is 12.3. The molecule has 0 fully saturated rings. The predicted octanol–water partition coefficient (Wildman–Crippen LogP) is 5.65. The van der Waals surface area contributed by atoms with Gasteiger partial charge in [0.1, 0.15) is 12.3 Å². The third-order valence-corrected chi connectivity index (χ3v) is 10.9. The second-order valence-electron chi connectivity index (χ2n) is 9.02. The number of nitrogens with zero attached hydrogens (tertiary/aromatic N) is 2. The van der Waals surface area contributed by atoms with Gasteiger partial charge in [-0.25, -0.2) is 8.42 Å². The third-order valence-electron chi connectivity index (χ3n) is 6.34. The largest absolute Gasteiger partial charge is 0.480 e. The van der Waals surface area contributed by atoms with Gasteiger partial charge in [-0.15, -0.1) is 0 Å². The molecular formula is C25H33Cl2N2O7PS. The summed E-state index contributed by atoms with van der Waals surface area (Å²) in [5, 5.41) is 10.9. The fourth-order valence-corrected chi connectivity index (χ4v) is 9.23. The molecule has 0 amide bonds. The number of carboxylic acid groups (broad SMARTS) is 1. The van der Waals surface area contributed by atoms with E-state index in [-0.39, 0.29) is 30.4 Å². The van der Waals surface area contributed by atoms with Crippen molar-refractivity contribution in [2.75, 3.05) is 33.1 Å². The van der Waals surface area contributed by atoms with Gasteiger partial charge < -0.3 is 19.1 Å².